The molecule has 6 heteroatoms. The molecule has 0 aliphatic heterocycles. The predicted octanol–water partition coefficient (Wildman–Crippen LogP) is 1.81. The van der Waals surface area contributed by atoms with E-state index in [1.165, 1.54) is 0 Å². The van der Waals surface area contributed by atoms with Crippen LogP contribution in [0.3, 0.4) is 0 Å². The Morgan fingerprint density at radius 3 is 2.60 bits per heavy atom. The molecule has 0 radical (unpaired) electrons. The number of carbonyl (C=O) groups excluding carboxylic acids is 1. The number of nitro benzene ring substituents is 1. The monoisotopic (exact) mass is 208 g/mol. The van der Waals surface area contributed by atoms with Gasteiger partial charge in [-0.25, -0.2) is 0 Å². The van der Waals surface area contributed by atoms with E-state index in [1.807, 2.05) is 0 Å². The number of ketones is 1. The topological polar surface area (TPSA) is 84.0 Å². The predicted molar refractivity (Wildman–Crippen MR) is 47.8 cm³/mol. The number of nitro groups is 1. The Morgan fingerprint density at radius 1 is 1.60 bits per heavy atom. The summed E-state index contributed by atoms with van der Waals surface area (Å²) in [6, 6.07) is 3.41. The highest BCUT2D eigenvalue weighted by molar-refractivity contribution is 5.95. The lowest BCUT2D eigenvalue weighted by atomic mass is 10.1. The van der Waals surface area contributed by atoms with Crippen LogP contribution in [0.1, 0.15) is 22.8 Å². The van der Waals surface area contributed by atoms with E-state index in [0.717, 1.165) is 19.1 Å². The van der Waals surface area contributed by atoms with Gasteiger partial charge in [0.15, 0.2) is 5.78 Å². The molecule has 5 nitrogen and oxygen atoms in total. The molecule has 0 aliphatic rings. The summed E-state index contributed by atoms with van der Waals surface area (Å²) in [5, 5.41) is 18.9. The third-order valence-electron chi connectivity index (χ3n) is 1.76. The Labute approximate surface area is 83.9 Å². The molecule has 0 aromatic heterocycles. The van der Waals surface area contributed by atoms with Gasteiger partial charge in [-0.2, -0.15) is 9.65 Å². The summed E-state index contributed by atoms with van der Waals surface area (Å²) in [6.45, 7) is 1.07. The molecular formula is C9H5FN2O3. The van der Waals surface area contributed by atoms with E-state index in [9.17, 15) is 19.3 Å². The van der Waals surface area contributed by atoms with E-state index in [0.29, 0.717) is 0 Å². The number of benzene rings is 1. The molecule has 0 heterocycles. The molecule has 1 rings (SSSR count). The lowest BCUT2D eigenvalue weighted by Gasteiger charge is -2.00. The zero-order valence-corrected chi connectivity index (χ0v) is 7.65. The maximum absolute atomic E-state index is 13.3. The zero-order chi connectivity index (χ0) is 11.6. The zero-order valence-electron chi connectivity index (χ0n) is 7.65. The highest BCUT2D eigenvalue weighted by atomic mass is 19.1. The SMILES string of the molecule is CC(=O)c1cc(C#N)cc([N+](=O)[O-])c1F. The van der Waals surface area contributed by atoms with Crippen LogP contribution in [0.25, 0.3) is 0 Å². The van der Waals surface area contributed by atoms with Gasteiger partial charge >= 0.3 is 5.69 Å². The molecule has 0 spiro atoms. The first kappa shape index (κ1) is 10.8. The number of rotatable bonds is 2. The fourth-order valence-electron chi connectivity index (χ4n) is 1.06. The van der Waals surface area contributed by atoms with Crippen molar-refractivity contribution in [3.63, 3.8) is 0 Å². The minimum atomic E-state index is -1.20. The fraction of sp³-hybridized carbons (Fsp3) is 0.111. The van der Waals surface area contributed by atoms with Crippen molar-refractivity contribution in [1.82, 2.24) is 0 Å². The molecule has 0 fully saturated rings. The van der Waals surface area contributed by atoms with Gasteiger partial charge in [0.25, 0.3) is 0 Å². The molecule has 0 bridgehead atoms. The van der Waals surface area contributed by atoms with Gasteiger partial charge in [0.1, 0.15) is 0 Å². The van der Waals surface area contributed by atoms with E-state index in [-0.39, 0.29) is 5.56 Å². The van der Waals surface area contributed by atoms with Crippen LogP contribution in [0.5, 0.6) is 0 Å². The smallest absolute Gasteiger partial charge is 0.294 e. The van der Waals surface area contributed by atoms with Crippen molar-refractivity contribution in [1.29, 1.82) is 5.26 Å². The van der Waals surface area contributed by atoms with Gasteiger partial charge in [-0.3, -0.25) is 14.9 Å². The second-order valence-electron chi connectivity index (χ2n) is 2.78. The van der Waals surface area contributed by atoms with Crippen LogP contribution in [0.15, 0.2) is 12.1 Å². The highest BCUT2D eigenvalue weighted by Gasteiger charge is 2.21. The number of Topliss-reactive ketones (excluding diaryl/α,β-unsaturated/α-hetero) is 1. The van der Waals surface area contributed by atoms with Gasteiger partial charge in [-0.1, -0.05) is 0 Å². The first-order valence-electron chi connectivity index (χ1n) is 3.86. The Balaban J connectivity index is 3.56. The molecule has 0 saturated heterocycles. The number of hydrogen-bond acceptors (Lipinski definition) is 4. The average molecular weight is 208 g/mol. The number of halogens is 1. The summed E-state index contributed by atoms with van der Waals surface area (Å²) in [7, 11) is 0. The molecule has 1 aromatic carbocycles. The largest absolute Gasteiger partial charge is 0.306 e. The summed E-state index contributed by atoms with van der Waals surface area (Å²) in [4.78, 5) is 20.4. The molecule has 0 N–H and O–H groups in total. The van der Waals surface area contributed by atoms with E-state index < -0.39 is 27.8 Å². The van der Waals surface area contributed by atoms with Crippen LogP contribution < -0.4 is 0 Å². The van der Waals surface area contributed by atoms with E-state index in [1.54, 1.807) is 6.07 Å². The summed E-state index contributed by atoms with van der Waals surface area (Å²) in [5.74, 6) is -1.86. The van der Waals surface area contributed by atoms with Gasteiger partial charge in [0, 0.05) is 6.07 Å². The summed E-state index contributed by atoms with van der Waals surface area (Å²) in [6.07, 6.45) is 0. The van der Waals surface area contributed by atoms with Crippen molar-refractivity contribution in [3.05, 3.63) is 39.2 Å². The van der Waals surface area contributed by atoms with Crippen molar-refractivity contribution in [2.24, 2.45) is 0 Å². The van der Waals surface area contributed by atoms with Crippen molar-refractivity contribution >= 4 is 11.5 Å². The molecule has 1 aromatic rings. The molecule has 0 amide bonds. The molecule has 76 valence electrons. The van der Waals surface area contributed by atoms with Gasteiger partial charge in [-0.05, 0) is 13.0 Å². The van der Waals surface area contributed by atoms with Crippen LogP contribution in [0, 0.1) is 27.3 Å². The maximum atomic E-state index is 13.3. The van der Waals surface area contributed by atoms with Gasteiger partial charge in [-0.15, -0.1) is 0 Å². The molecular weight excluding hydrogens is 203 g/mol. The summed E-state index contributed by atoms with van der Waals surface area (Å²) in [5.41, 5.74) is -1.42. The summed E-state index contributed by atoms with van der Waals surface area (Å²) < 4.78 is 13.3. The fourth-order valence-corrected chi connectivity index (χ4v) is 1.06. The molecule has 0 atom stereocenters. The molecule has 0 aliphatic carbocycles. The number of nitrogens with zero attached hydrogens (tertiary/aromatic N) is 2. The minimum absolute atomic E-state index is 0.117. The van der Waals surface area contributed by atoms with Gasteiger partial charge in [0.05, 0.1) is 22.1 Å². The first-order valence-corrected chi connectivity index (χ1v) is 3.86. The second-order valence-corrected chi connectivity index (χ2v) is 2.78. The standard InChI is InChI=1S/C9H5FN2O3/c1-5(13)7-2-6(4-11)3-8(9(7)10)12(14)15/h2-3H,1H3. The second kappa shape index (κ2) is 3.84. The highest BCUT2D eigenvalue weighted by Crippen LogP contribution is 2.22. The lowest BCUT2D eigenvalue weighted by Crippen LogP contribution is -2.02. The Kier molecular flexibility index (Phi) is 2.76. The third-order valence-corrected chi connectivity index (χ3v) is 1.76. The lowest BCUT2D eigenvalue weighted by molar-refractivity contribution is -0.387. The quantitative estimate of drug-likeness (QED) is 0.421. The van der Waals surface area contributed by atoms with Crippen molar-refractivity contribution in [2.75, 3.05) is 0 Å². The van der Waals surface area contributed by atoms with E-state index in [2.05, 4.69) is 0 Å². The molecule has 0 unspecified atom stereocenters. The first-order chi connectivity index (χ1) is 6.97. The minimum Gasteiger partial charge on any atom is -0.294 e. The normalized spacial score (nSPS) is 9.40. The van der Waals surface area contributed by atoms with E-state index in [4.69, 9.17) is 5.26 Å². The van der Waals surface area contributed by atoms with Crippen LogP contribution in [-0.2, 0) is 0 Å². The number of hydrogen-bond donors (Lipinski definition) is 0. The van der Waals surface area contributed by atoms with E-state index >= 15 is 0 Å². The Morgan fingerprint density at radius 2 is 2.20 bits per heavy atom. The van der Waals surface area contributed by atoms with Crippen molar-refractivity contribution in [3.8, 4) is 6.07 Å². The van der Waals surface area contributed by atoms with Gasteiger partial charge in [0.2, 0.25) is 5.82 Å². The van der Waals surface area contributed by atoms with Crippen LogP contribution in [0.2, 0.25) is 0 Å². The van der Waals surface area contributed by atoms with Gasteiger partial charge < -0.3 is 0 Å². The summed E-state index contributed by atoms with van der Waals surface area (Å²) >= 11 is 0. The number of carbonyl (C=O) groups is 1. The third kappa shape index (κ3) is 1.96. The van der Waals surface area contributed by atoms with Crippen LogP contribution >= 0.6 is 0 Å². The molecule has 0 saturated carbocycles. The molecule has 15 heavy (non-hydrogen) atoms. The van der Waals surface area contributed by atoms with Crippen molar-refractivity contribution < 1.29 is 14.1 Å². The van der Waals surface area contributed by atoms with Crippen LogP contribution in [-0.4, -0.2) is 10.7 Å². The van der Waals surface area contributed by atoms with Crippen LogP contribution in [0.4, 0.5) is 10.1 Å². The maximum Gasteiger partial charge on any atom is 0.306 e. The Bertz CT molecular complexity index is 456. The Hall–Kier alpha value is -2.29. The van der Waals surface area contributed by atoms with Crippen molar-refractivity contribution in [2.45, 2.75) is 6.92 Å². The number of nitriles is 1. The average Bonchev–Trinajstić information content (AvgIpc) is 2.17.